The number of halogens is 1. The molecule has 0 bridgehead atoms. The van der Waals surface area contributed by atoms with Crippen molar-refractivity contribution < 1.29 is 28.2 Å². The molecule has 0 aliphatic carbocycles. The maximum atomic E-state index is 13.3. The molecule has 0 spiro atoms. The highest BCUT2D eigenvalue weighted by molar-refractivity contribution is 6.03. The Balaban J connectivity index is 1.80. The first kappa shape index (κ1) is 19.5. The van der Waals surface area contributed by atoms with Crippen LogP contribution in [-0.2, 0) is 9.59 Å². The summed E-state index contributed by atoms with van der Waals surface area (Å²) in [6.07, 6.45) is 0.0534. The molecule has 3 rings (SSSR count). The molecule has 28 heavy (non-hydrogen) atoms. The van der Waals surface area contributed by atoms with E-state index in [1.54, 1.807) is 18.2 Å². The van der Waals surface area contributed by atoms with Crippen LogP contribution >= 0.6 is 0 Å². The zero-order valence-electron chi connectivity index (χ0n) is 15.8. The van der Waals surface area contributed by atoms with Crippen LogP contribution in [0, 0.1) is 11.7 Å². The number of nitrogens with one attached hydrogen (secondary N) is 1. The second kappa shape index (κ2) is 8.16. The lowest BCUT2D eigenvalue weighted by molar-refractivity contribution is -0.122. The SMILES string of the molecule is COc1cc(N2CC(C(=O)Nc3cccc(F)c3)CC2=O)cc(OC)c1OC. The lowest BCUT2D eigenvalue weighted by Crippen LogP contribution is -2.28. The number of carbonyl (C=O) groups excluding carboxylic acids is 2. The van der Waals surface area contributed by atoms with E-state index in [2.05, 4.69) is 5.32 Å². The molecule has 1 atom stereocenters. The lowest BCUT2D eigenvalue weighted by atomic mass is 10.1. The quantitative estimate of drug-likeness (QED) is 0.824. The molecule has 1 unspecified atom stereocenters. The minimum absolute atomic E-state index is 0.0534. The van der Waals surface area contributed by atoms with Gasteiger partial charge in [0, 0.05) is 30.8 Å². The van der Waals surface area contributed by atoms with Crippen molar-refractivity contribution in [3.05, 3.63) is 42.2 Å². The van der Waals surface area contributed by atoms with E-state index in [9.17, 15) is 14.0 Å². The van der Waals surface area contributed by atoms with Gasteiger partial charge in [0.2, 0.25) is 17.6 Å². The Morgan fingerprint density at radius 1 is 1.11 bits per heavy atom. The van der Waals surface area contributed by atoms with Crippen LogP contribution in [0.15, 0.2) is 36.4 Å². The molecular formula is C20H21FN2O5. The van der Waals surface area contributed by atoms with E-state index in [0.717, 1.165) is 0 Å². The van der Waals surface area contributed by atoms with Gasteiger partial charge >= 0.3 is 0 Å². The topological polar surface area (TPSA) is 77.1 Å². The molecular weight excluding hydrogens is 367 g/mol. The molecule has 0 radical (unpaired) electrons. The van der Waals surface area contributed by atoms with E-state index in [1.165, 1.54) is 44.4 Å². The normalized spacial score (nSPS) is 16.1. The van der Waals surface area contributed by atoms with E-state index in [0.29, 0.717) is 28.6 Å². The Bertz CT molecular complexity index is 877. The molecule has 1 aliphatic heterocycles. The highest BCUT2D eigenvalue weighted by Crippen LogP contribution is 2.42. The van der Waals surface area contributed by atoms with E-state index in [-0.39, 0.29) is 24.8 Å². The van der Waals surface area contributed by atoms with E-state index in [1.807, 2.05) is 0 Å². The summed E-state index contributed by atoms with van der Waals surface area (Å²) in [6.45, 7) is 0.193. The third-order valence-corrected chi connectivity index (χ3v) is 4.55. The first-order chi connectivity index (χ1) is 13.5. The molecule has 1 heterocycles. The molecule has 2 amide bonds. The summed E-state index contributed by atoms with van der Waals surface area (Å²) in [6, 6.07) is 8.94. The van der Waals surface area contributed by atoms with Gasteiger partial charge in [-0.25, -0.2) is 4.39 Å². The van der Waals surface area contributed by atoms with Gasteiger partial charge < -0.3 is 24.4 Å². The fraction of sp³-hybridized carbons (Fsp3) is 0.300. The predicted octanol–water partition coefficient (Wildman–Crippen LogP) is 2.84. The molecule has 148 valence electrons. The third kappa shape index (κ3) is 3.85. The first-order valence-corrected chi connectivity index (χ1v) is 8.63. The van der Waals surface area contributed by atoms with Crippen molar-refractivity contribution in [2.45, 2.75) is 6.42 Å². The summed E-state index contributed by atoms with van der Waals surface area (Å²) >= 11 is 0. The van der Waals surface area contributed by atoms with Crippen molar-refractivity contribution in [1.29, 1.82) is 0 Å². The van der Waals surface area contributed by atoms with Gasteiger partial charge in [0.1, 0.15) is 5.82 Å². The fourth-order valence-electron chi connectivity index (χ4n) is 3.17. The molecule has 0 aromatic heterocycles. The summed E-state index contributed by atoms with van der Waals surface area (Å²) in [5.41, 5.74) is 0.893. The van der Waals surface area contributed by atoms with Gasteiger partial charge in [-0.1, -0.05) is 6.07 Å². The van der Waals surface area contributed by atoms with Crippen molar-refractivity contribution in [3.63, 3.8) is 0 Å². The zero-order chi connectivity index (χ0) is 20.3. The Morgan fingerprint density at radius 2 is 1.79 bits per heavy atom. The van der Waals surface area contributed by atoms with Crippen molar-refractivity contribution >= 4 is 23.2 Å². The van der Waals surface area contributed by atoms with Crippen LogP contribution in [0.4, 0.5) is 15.8 Å². The smallest absolute Gasteiger partial charge is 0.229 e. The lowest BCUT2D eigenvalue weighted by Gasteiger charge is -2.20. The molecule has 1 saturated heterocycles. The fourth-order valence-corrected chi connectivity index (χ4v) is 3.17. The largest absolute Gasteiger partial charge is 0.493 e. The van der Waals surface area contributed by atoms with Crippen LogP contribution in [0.1, 0.15) is 6.42 Å². The first-order valence-electron chi connectivity index (χ1n) is 8.63. The number of hydrogen-bond acceptors (Lipinski definition) is 5. The standard InChI is InChI=1S/C20H21FN2O5/c1-26-16-9-15(10-17(27-2)19(16)28-3)23-11-12(7-18(23)24)20(25)22-14-6-4-5-13(21)8-14/h4-6,8-10,12H,7,11H2,1-3H3,(H,22,25). The van der Waals surface area contributed by atoms with Gasteiger partial charge in [-0.3, -0.25) is 9.59 Å². The van der Waals surface area contributed by atoms with Gasteiger partial charge in [-0.15, -0.1) is 0 Å². The minimum atomic E-state index is -0.560. The molecule has 1 N–H and O–H groups in total. The number of ether oxygens (including phenoxy) is 3. The second-order valence-electron chi connectivity index (χ2n) is 6.29. The maximum absolute atomic E-state index is 13.3. The van der Waals surface area contributed by atoms with Crippen molar-refractivity contribution in [3.8, 4) is 17.2 Å². The van der Waals surface area contributed by atoms with Gasteiger partial charge in [0.05, 0.1) is 32.9 Å². The molecule has 2 aromatic rings. The second-order valence-corrected chi connectivity index (χ2v) is 6.29. The summed E-state index contributed by atoms with van der Waals surface area (Å²) in [4.78, 5) is 26.5. The van der Waals surface area contributed by atoms with Crippen LogP contribution < -0.4 is 24.4 Å². The van der Waals surface area contributed by atoms with Gasteiger partial charge in [-0.2, -0.15) is 0 Å². The zero-order valence-corrected chi connectivity index (χ0v) is 15.8. The maximum Gasteiger partial charge on any atom is 0.229 e. The van der Waals surface area contributed by atoms with Crippen LogP contribution in [0.3, 0.4) is 0 Å². The predicted molar refractivity (Wildman–Crippen MR) is 102 cm³/mol. The van der Waals surface area contributed by atoms with E-state index < -0.39 is 11.7 Å². The molecule has 8 heteroatoms. The number of anilines is 2. The molecule has 1 aliphatic rings. The van der Waals surface area contributed by atoms with Gasteiger partial charge in [0.15, 0.2) is 11.5 Å². The number of amides is 2. The number of benzene rings is 2. The van der Waals surface area contributed by atoms with E-state index >= 15 is 0 Å². The summed E-state index contributed by atoms with van der Waals surface area (Å²) in [5, 5.41) is 2.65. The monoisotopic (exact) mass is 388 g/mol. The Kier molecular flexibility index (Phi) is 5.67. The number of rotatable bonds is 6. The minimum Gasteiger partial charge on any atom is -0.493 e. The molecule has 0 saturated carbocycles. The van der Waals surface area contributed by atoms with Crippen LogP contribution in [0.5, 0.6) is 17.2 Å². The summed E-state index contributed by atoms with van der Waals surface area (Å²) < 4.78 is 29.2. The Morgan fingerprint density at radius 3 is 2.36 bits per heavy atom. The van der Waals surface area contributed by atoms with Crippen LogP contribution in [0.25, 0.3) is 0 Å². The Labute approximate surface area is 162 Å². The number of methoxy groups -OCH3 is 3. The summed E-state index contributed by atoms with van der Waals surface area (Å²) in [7, 11) is 4.47. The Hall–Kier alpha value is -3.29. The number of hydrogen-bond donors (Lipinski definition) is 1. The molecule has 1 fully saturated rings. The number of carbonyl (C=O) groups is 2. The molecule has 7 nitrogen and oxygen atoms in total. The average Bonchev–Trinajstić information content (AvgIpc) is 3.08. The molecule has 2 aromatic carbocycles. The third-order valence-electron chi connectivity index (χ3n) is 4.55. The summed E-state index contributed by atoms with van der Waals surface area (Å²) in [5.74, 6) is -0.299. The van der Waals surface area contributed by atoms with Crippen LogP contribution in [0.2, 0.25) is 0 Å². The highest BCUT2D eigenvalue weighted by atomic mass is 19.1. The van der Waals surface area contributed by atoms with Crippen molar-refractivity contribution in [2.24, 2.45) is 5.92 Å². The number of nitrogens with zero attached hydrogens (tertiary/aromatic N) is 1. The van der Waals surface area contributed by atoms with E-state index in [4.69, 9.17) is 14.2 Å². The van der Waals surface area contributed by atoms with Gasteiger partial charge in [0.25, 0.3) is 0 Å². The average molecular weight is 388 g/mol. The highest BCUT2D eigenvalue weighted by Gasteiger charge is 2.36. The van der Waals surface area contributed by atoms with Crippen molar-refractivity contribution in [2.75, 3.05) is 38.1 Å². The van der Waals surface area contributed by atoms with Crippen molar-refractivity contribution in [1.82, 2.24) is 0 Å². The van der Waals surface area contributed by atoms with Crippen LogP contribution in [-0.4, -0.2) is 39.7 Å². The van der Waals surface area contributed by atoms with Gasteiger partial charge in [-0.05, 0) is 18.2 Å².